The van der Waals surface area contributed by atoms with Gasteiger partial charge in [-0.05, 0) is 62.7 Å². The number of amides is 2. The lowest BCUT2D eigenvalue weighted by Crippen LogP contribution is -2.35. The molecule has 164 valence electrons. The highest BCUT2D eigenvalue weighted by Gasteiger charge is 2.22. The number of fused-ring (bicyclic) bond motifs is 1. The molecule has 0 fully saturated rings. The van der Waals surface area contributed by atoms with Crippen LogP contribution in [0.3, 0.4) is 0 Å². The lowest BCUT2D eigenvalue weighted by atomic mass is 10.1. The molecule has 2 aromatic carbocycles. The van der Waals surface area contributed by atoms with Crippen LogP contribution in [0.1, 0.15) is 48.2 Å². The van der Waals surface area contributed by atoms with E-state index in [0.717, 1.165) is 42.9 Å². The molecule has 2 amide bonds. The van der Waals surface area contributed by atoms with E-state index < -0.39 is 0 Å². The normalized spacial score (nSPS) is 14.5. The standard InChI is InChI=1S/C25H31N3O2S/c1-4-13-28(14-5-2)15-12-26-24(29)20-10-11-22-21(17-20)27-25(30)23(31-22)16-19-8-6-18(3)7-9-19/h6-11,16-17H,4-5,12-15H2,1-3H3,(H,26,29)(H,27,30). The molecule has 0 radical (unpaired) electrons. The minimum absolute atomic E-state index is 0.115. The van der Waals surface area contributed by atoms with Crippen LogP contribution in [0.15, 0.2) is 52.3 Å². The largest absolute Gasteiger partial charge is 0.351 e. The summed E-state index contributed by atoms with van der Waals surface area (Å²) < 4.78 is 0. The second-order valence-electron chi connectivity index (χ2n) is 7.78. The van der Waals surface area contributed by atoms with Crippen LogP contribution in [0, 0.1) is 6.92 Å². The number of benzene rings is 2. The molecule has 0 saturated heterocycles. The topological polar surface area (TPSA) is 61.4 Å². The summed E-state index contributed by atoms with van der Waals surface area (Å²) in [5.74, 6) is -0.263. The molecule has 31 heavy (non-hydrogen) atoms. The van der Waals surface area contributed by atoms with Crippen LogP contribution >= 0.6 is 11.8 Å². The average Bonchev–Trinajstić information content (AvgIpc) is 2.75. The Morgan fingerprint density at radius 3 is 2.45 bits per heavy atom. The Bertz CT molecular complexity index is 948. The van der Waals surface area contributed by atoms with Crippen molar-refractivity contribution in [1.82, 2.24) is 10.2 Å². The summed E-state index contributed by atoms with van der Waals surface area (Å²) in [6, 6.07) is 13.5. The summed E-state index contributed by atoms with van der Waals surface area (Å²) in [7, 11) is 0. The number of hydrogen-bond acceptors (Lipinski definition) is 4. The highest BCUT2D eigenvalue weighted by atomic mass is 32.2. The van der Waals surface area contributed by atoms with Crippen molar-refractivity contribution < 1.29 is 9.59 Å². The fourth-order valence-corrected chi connectivity index (χ4v) is 4.44. The van der Waals surface area contributed by atoms with Crippen LogP contribution in [0.5, 0.6) is 0 Å². The Hall–Kier alpha value is -2.57. The van der Waals surface area contributed by atoms with Gasteiger partial charge >= 0.3 is 0 Å². The monoisotopic (exact) mass is 437 g/mol. The van der Waals surface area contributed by atoms with Crippen molar-refractivity contribution in [3.8, 4) is 0 Å². The summed E-state index contributed by atoms with van der Waals surface area (Å²) in [5, 5.41) is 5.93. The predicted molar refractivity (Wildman–Crippen MR) is 129 cm³/mol. The molecule has 0 atom stereocenters. The van der Waals surface area contributed by atoms with E-state index >= 15 is 0 Å². The summed E-state index contributed by atoms with van der Waals surface area (Å²) in [4.78, 5) is 29.1. The van der Waals surface area contributed by atoms with Crippen molar-refractivity contribution >= 4 is 35.3 Å². The SMILES string of the molecule is CCCN(CCC)CCNC(=O)c1ccc2c(c1)NC(=O)C(=Cc1ccc(C)cc1)S2. The molecule has 0 saturated carbocycles. The highest BCUT2D eigenvalue weighted by Crippen LogP contribution is 2.39. The van der Waals surface area contributed by atoms with Gasteiger partial charge in [-0.1, -0.05) is 55.4 Å². The van der Waals surface area contributed by atoms with Gasteiger partial charge in [0.05, 0.1) is 10.6 Å². The zero-order valence-corrected chi connectivity index (χ0v) is 19.3. The quantitative estimate of drug-likeness (QED) is 0.546. The number of carbonyl (C=O) groups excluding carboxylic acids is 2. The van der Waals surface area contributed by atoms with Crippen molar-refractivity contribution in [1.29, 1.82) is 0 Å². The predicted octanol–water partition coefficient (Wildman–Crippen LogP) is 4.93. The van der Waals surface area contributed by atoms with Gasteiger partial charge < -0.3 is 15.5 Å². The lowest BCUT2D eigenvalue weighted by molar-refractivity contribution is -0.112. The van der Waals surface area contributed by atoms with Crippen LogP contribution in [0.4, 0.5) is 5.69 Å². The van der Waals surface area contributed by atoms with Gasteiger partial charge in [0.1, 0.15) is 0 Å². The Morgan fingerprint density at radius 1 is 1.06 bits per heavy atom. The fraction of sp³-hybridized carbons (Fsp3) is 0.360. The van der Waals surface area contributed by atoms with E-state index in [4.69, 9.17) is 0 Å². The molecule has 6 heteroatoms. The van der Waals surface area contributed by atoms with Gasteiger partial charge in [0.15, 0.2) is 0 Å². The molecule has 5 nitrogen and oxygen atoms in total. The molecular weight excluding hydrogens is 406 g/mol. The average molecular weight is 438 g/mol. The van der Waals surface area contributed by atoms with Crippen molar-refractivity contribution in [3.05, 3.63) is 64.1 Å². The number of hydrogen-bond donors (Lipinski definition) is 2. The molecule has 1 aliphatic rings. The van der Waals surface area contributed by atoms with E-state index in [-0.39, 0.29) is 11.8 Å². The lowest BCUT2D eigenvalue weighted by Gasteiger charge is -2.21. The van der Waals surface area contributed by atoms with E-state index in [1.54, 1.807) is 6.07 Å². The van der Waals surface area contributed by atoms with Gasteiger partial charge in [-0.3, -0.25) is 9.59 Å². The first kappa shape index (κ1) is 23.1. The molecule has 3 rings (SSSR count). The van der Waals surface area contributed by atoms with E-state index in [2.05, 4.69) is 29.4 Å². The highest BCUT2D eigenvalue weighted by molar-refractivity contribution is 8.04. The third-order valence-corrected chi connectivity index (χ3v) is 6.20. The molecule has 0 aliphatic carbocycles. The van der Waals surface area contributed by atoms with Gasteiger partial charge in [0.25, 0.3) is 11.8 Å². The van der Waals surface area contributed by atoms with Crippen LogP contribution in [0.2, 0.25) is 0 Å². The summed E-state index contributed by atoms with van der Waals surface area (Å²) in [5.41, 5.74) is 3.41. The van der Waals surface area contributed by atoms with Gasteiger partial charge in [0.2, 0.25) is 0 Å². The minimum Gasteiger partial charge on any atom is -0.351 e. The van der Waals surface area contributed by atoms with Gasteiger partial charge in [-0.2, -0.15) is 0 Å². The molecule has 2 aromatic rings. The zero-order valence-electron chi connectivity index (χ0n) is 18.5. The van der Waals surface area contributed by atoms with Crippen LogP contribution in [-0.2, 0) is 4.79 Å². The molecule has 0 spiro atoms. The number of carbonyl (C=O) groups is 2. The smallest absolute Gasteiger partial charge is 0.262 e. The maximum Gasteiger partial charge on any atom is 0.262 e. The Balaban J connectivity index is 1.63. The molecule has 1 aliphatic heterocycles. The number of nitrogens with one attached hydrogen (secondary N) is 2. The minimum atomic E-state index is -0.148. The summed E-state index contributed by atoms with van der Waals surface area (Å²) in [6.07, 6.45) is 4.11. The fourth-order valence-electron chi connectivity index (χ4n) is 3.51. The first-order valence-electron chi connectivity index (χ1n) is 10.9. The van der Waals surface area contributed by atoms with Crippen LogP contribution in [0.25, 0.3) is 6.08 Å². The number of anilines is 1. The maximum atomic E-state index is 12.6. The first-order valence-corrected chi connectivity index (χ1v) is 11.7. The number of rotatable bonds is 9. The van der Waals surface area contributed by atoms with E-state index in [1.165, 1.54) is 17.3 Å². The van der Waals surface area contributed by atoms with Crippen molar-refractivity contribution in [2.45, 2.75) is 38.5 Å². The van der Waals surface area contributed by atoms with Crippen molar-refractivity contribution in [3.63, 3.8) is 0 Å². The second-order valence-corrected chi connectivity index (χ2v) is 8.87. The number of thioether (sulfide) groups is 1. The summed E-state index contributed by atoms with van der Waals surface area (Å²) in [6.45, 7) is 9.92. The van der Waals surface area contributed by atoms with E-state index in [0.29, 0.717) is 22.7 Å². The number of aryl methyl sites for hydroxylation is 1. The van der Waals surface area contributed by atoms with Gasteiger partial charge in [-0.15, -0.1) is 0 Å². The molecule has 2 N–H and O–H groups in total. The maximum absolute atomic E-state index is 12.6. The van der Waals surface area contributed by atoms with Crippen molar-refractivity contribution in [2.75, 3.05) is 31.5 Å². The molecular formula is C25H31N3O2S. The van der Waals surface area contributed by atoms with Gasteiger partial charge in [0, 0.05) is 23.5 Å². The molecule has 1 heterocycles. The zero-order chi connectivity index (χ0) is 22.2. The van der Waals surface area contributed by atoms with Crippen LogP contribution in [-0.4, -0.2) is 42.9 Å². The first-order chi connectivity index (χ1) is 15.0. The molecule has 0 aromatic heterocycles. The van der Waals surface area contributed by atoms with Crippen LogP contribution < -0.4 is 10.6 Å². The third-order valence-electron chi connectivity index (χ3n) is 5.10. The second kappa shape index (κ2) is 11.2. The molecule has 0 bridgehead atoms. The van der Waals surface area contributed by atoms with E-state index in [1.807, 2.05) is 49.4 Å². The number of nitrogens with zero attached hydrogens (tertiary/aromatic N) is 1. The summed E-state index contributed by atoms with van der Waals surface area (Å²) >= 11 is 1.43. The Kier molecular flexibility index (Phi) is 8.32. The van der Waals surface area contributed by atoms with Crippen molar-refractivity contribution in [2.24, 2.45) is 0 Å². The molecule has 0 unspecified atom stereocenters. The van der Waals surface area contributed by atoms with E-state index in [9.17, 15) is 9.59 Å². The Labute approximate surface area is 189 Å². The third kappa shape index (κ3) is 6.45. The Morgan fingerprint density at radius 2 is 1.77 bits per heavy atom. The van der Waals surface area contributed by atoms with Gasteiger partial charge in [-0.25, -0.2) is 0 Å².